The summed E-state index contributed by atoms with van der Waals surface area (Å²) >= 11 is 2.02. The zero-order chi connectivity index (χ0) is 11.8. The average molecular weight is 237 g/mol. The van der Waals surface area contributed by atoms with Crippen LogP contribution >= 0.6 is 11.8 Å². The molecule has 0 bridgehead atoms. The van der Waals surface area contributed by atoms with Crippen molar-refractivity contribution >= 4 is 11.8 Å². The summed E-state index contributed by atoms with van der Waals surface area (Å²) in [7, 11) is 0. The van der Waals surface area contributed by atoms with Gasteiger partial charge in [-0.2, -0.15) is 11.8 Å². The van der Waals surface area contributed by atoms with E-state index in [-0.39, 0.29) is 0 Å². The summed E-state index contributed by atoms with van der Waals surface area (Å²) in [4.78, 5) is 0. The third kappa shape index (κ3) is 5.04. The van der Waals surface area contributed by atoms with Gasteiger partial charge in [-0.1, -0.05) is 36.8 Å². The Balaban J connectivity index is 2.27. The van der Waals surface area contributed by atoms with Crippen molar-refractivity contribution in [2.24, 2.45) is 0 Å². The quantitative estimate of drug-likeness (QED) is 0.724. The fraction of sp³-hybridized carbons (Fsp3) is 0.571. The average Bonchev–Trinajstić information content (AvgIpc) is 2.28. The van der Waals surface area contributed by atoms with Gasteiger partial charge in [0.25, 0.3) is 0 Å². The van der Waals surface area contributed by atoms with E-state index < -0.39 is 0 Å². The monoisotopic (exact) mass is 237 g/mol. The topological polar surface area (TPSA) is 12.0 Å². The van der Waals surface area contributed by atoms with E-state index in [2.05, 4.69) is 50.4 Å². The molecule has 1 rings (SSSR count). The van der Waals surface area contributed by atoms with Crippen LogP contribution in [0.1, 0.15) is 37.4 Å². The van der Waals surface area contributed by atoms with Crippen LogP contribution < -0.4 is 5.32 Å². The molecule has 0 fully saturated rings. The van der Waals surface area contributed by atoms with E-state index in [1.54, 1.807) is 0 Å². The first-order valence-electron chi connectivity index (χ1n) is 6.11. The summed E-state index contributed by atoms with van der Waals surface area (Å²) in [5, 5.41) is 3.57. The Hall–Kier alpha value is -0.470. The molecule has 0 aliphatic carbocycles. The van der Waals surface area contributed by atoms with Crippen molar-refractivity contribution in [3.8, 4) is 0 Å². The van der Waals surface area contributed by atoms with Crippen LogP contribution in [0.25, 0.3) is 0 Å². The predicted molar refractivity (Wildman–Crippen MR) is 75.2 cm³/mol. The number of hydrogen-bond acceptors (Lipinski definition) is 2. The highest BCUT2D eigenvalue weighted by atomic mass is 32.2. The molecule has 0 aliphatic heterocycles. The summed E-state index contributed by atoms with van der Waals surface area (Å²) in [6.45, 7) is 7.71. The van der Waals surface area contributed by atoms with Gasteiger partial charge >= 0.3 is 0 Å². The maximum absolute atomic E-state index is 3.57. The van der Waals surface area contributed by atoms with Crippen molar-refractivity contribution in [2.75, 3.05) is 18.1 Å². The van der Waals surface area contributed by atoms with Crippen LogP contribution in [-0.2, 0) is 0 Å². The smallest absolute Gasteiger partial charge is 0.0291 e. The molecule has 0 aromatic heterocycles. The fourth-order valence-electron chi connectivity index (χ4n) is 1.69. The highest BCUT2D eigenvalue weighted by Crippen LogP contribution is 2.13. The second kappa shape index (κ2) is 7.75. The van der Waals surface area contributed by atoms with Crippen LogP contribution in [0.5, 0.6) is 0 Å². The molecule has 0 radical (unpaired) electrons. The Morgan fingerprint density at radius 3 is 2.88 bits per heavy atom. The summed E-state index contributed by atoms with van der Waals surface area (Å²) in [6, 6.07) is 9.21. The number of nitrogens with one attached hydrogen (secondary N) is 1. The van der Waals surface area contributed by atoms with Crippen LogP contribution in [0.2, 0.25) is 0 Å². The van der Waals surface area contributed by atoms with E-state index in [1.807, 2.05) is 11.8 Å². The van der Waals surface area contributed by atoms with Gasteiger partial charge in [0.05, 0.1) is 0 Å². The molecule has 0 saturated carbocycles. The minimum Gasteiger partial charge on any atom is -0.310 e. The van der Waals surface area contributed by atoms with E-state index in [0.717, 1.165) is 6.54 Å². The Kier molecular flexibility index (Phi) is 6.58. The predicted octanol–water partition coefficient (Wildman–Crippen LogP) is 3.79. The summed E-state index contributed by atoms with van der Waals surface area (Å²) in [5.74, 6) is 2.50. The highest BCUT2D eigenvalue weighted by molar-refractivity contribution is 7.99. The number of thioether (sulfide) groups is 1. The van der Waals surface area contributed by atoms with E-state index in [1.165, 1.54) is 29.1 Å². The molecule has 0 amide bonds. The van der Waals surface area contributed by atoms with Crippen molar-refractivity contribution in [1.29, 1.82) is 0 Å². The normalized spacial score (nSPS) is 12.7. The van der Waals surface area contributed by atoms with Gasteiger partial charge in [0.1, 0.15) is 0 Å². The zero-order valence-electron chi connectivity index (χ0n) is 10.6. The molecule has 0 aliphatic rings. The highest BCUT2D eigenvalue weighted by Gasteiger charge is 2.03. The van der Waals surface area contributed by atoms with E-state index in [9.17, 15) is 0 Å². The van der Waals surface area contributed by atoms with Crippen molar-refractivity contribution in [1.82, 2.24) is 5.32 Å². The maximum Gasteiger partial charge on any atom is 0.0291 e. The minimum atomic E-state index is 0.464. The van der Waals surface area contributed by atoms with Crippen LogP contribution in [-0.4, -0.2) is 18.1 Å². The van der Waals surface area contributed by atoms with Gasteiger partial charge in [-0.05, 0) is 43.9 Å². The third-order valence-corrected chi connectivity index (χ3v) is 3.65. The maximum atomic E-state index is 3.57. The number of rotatable bonds is 7. The molecule has 2 heteroatoms. The first-order valence-corrected chi connectivity index (χ1v) is 7.27. The number of benzene rings is 1. The van der Waals surface area contributed by atoms with Crippen molar-refractivity contribution in [2.45, 2.75) is 33.2 Å². The van der Waals surface area contributed by atoms with Gasteiger partial charge in [0.15, 0.2) is 0 Å². The Labute approximate surface area is 104 Å². The second-order valence-corrected chi connectivity index (χ2v) is 5.53. The molecule has 0 heterocycles. The van der Waals surface area contributed by atoms with Crippen LogP contribution in [0, 0.1) is 6.92 Å². The molecule has 0 unspecified atom stereocenters. The Morgan fingerprint density at radius 1 is 1.38 bits per heavy atom. The first-order chi connectivity index (χ1) is 7.74. The van der Waals surface area contributed by atoms with Crippen LogP contribution in [0.4, 0.5) is 0 Å². The standard InChI is InChI=1S/C14H23NS/c1-4-16-10-6-9-15-13(3)14-8-5-7-12(2)11-14/h5,7-8,11,13,15H,4,6,9-10H2,1-3H3/t13-/m1/s1. The van der Waals surface area contributed by atoms with Gasteiger partial charge < -0.3 is 5.32 Å². The van der Waals surface area contributed by atoms with Crippen molar-refractivity contribution in [3.63, 3.8) is 0 Å². The van der Waals surface area contributed by atoms with Gasteiger partial charge in [0, 0.05) is 6.04 Å². The lowest BCUT2D eigenvalue weighted by Gasteiger charge is -2.14. The molecule has 1 aromatic carbocycles. The Morgan fingerprint density at radius 2 is 2.19 bits per heavy atom. The zero-order valence-corrected chi connectivity index (χ0v) is 11.4. The van der Waals surface area contributed by atoms with Gasteiger partial charge in [0.2, 0.25) is 0 Å². The van der Waals surface area contributed by atoms with E-state index in [0.29, 0.717) is 6.04 Å². The van der Waals surface area contributed by atoms with Gasteiger partial charge in [-0.3, -0.25) is 0 Å². The fourth-order valence-corrected chi connectivity index (χ4v) is 2.33. The summed E-state index contributed by atoms with van der Waals surface area (Å²) < 4.78 is 0. The molecule has 90 valence electrons. The van der Waals surface area contributed by atoms with Crippen LogP contribution in [0.15, 0.2) is 24.3 Å². The van der Waals surface area contributed by atoms with E-state index in [4.69, 9.17) is 0 Å². The number of aryl methyl sites for hydroxylation is 1. The van der Waals surface area contributed by atoms with E-state index >= 15 is 0 Å². The minimum absolute atomic E-state index is 0.464. The molecule has 1 nitrogen and oxygen atoms in total. The largest absolute Gasteiger partial charge is 0.310 e. The molecular formula is C14H23NS. The van der Waals surface area contributed by atoms with Crippen molar-refractivity contribution < 1.29 is 0 Å². The molecule has 0 spiro atoms. The second-order valence-electron chi connectivity index (χ2n) is 4.14. The third-order valence-electron chi connectivity index (χ3n) is 2.66. The lowest BCUT2D eigenvalue weighted by Crippen LogP contribution is -2.20. The molecule has 1 atom stereocenters. The SMILES string of the molecule is CCSCCCN[C@H](C)c1cccc(C)c1. The van der Waals surface area contributed by atoms with Crippen LogP contribution in [0.3, 0.4) is 0 Å². The Bertz CT molecular complexity index is 299. The lowest BCUT2D eigenvalue weighted by atomic mass is 10.1. The molecule has 16 heavy (non-hydrogen) atoms. The lowest BCUT2D eigenvalue weighted by molar-refractivity contribution is 0.572. The summed E-state index contributed by atoms with van der Waals surface area (Å²) in [6.07, 6.45) is 1.26. The van der Waals surface area contributed by atoms with Gasteiger partial charge in [-0.15, -0.1) is 0 Å². The molecule has 0 saturated heterocycles. The molecule has 1 aromatic rings. The molecular weight excluding hydrogens is 214 g/mol. The molecule has 1 N–H and O–H groups in total. The summed E-state index contributed by atoms with van der Waals surface area (Å²) in [5.41, 5.74) is 2.73. The van der Waals surface area contributed by atoms with Crippen molar-refractivity contribution in [3.05, 3.63) is 35.4 Å². The first kappa shape index (κ1) is 13.6. The number of hydrogen-bond donors (Lipinski definition) is 1. The van der Waals surface area contributed by atoms with Gasteiger partial charge in [-0.25, -0.2) is 0 Å².